The van der Waals surface area contributed by atoms with Crippen LogP contribution in [0.1, 0.15) is 25.7 Å². The topological polar surface area (TPSA) is 12.0 Å². The average molecular weight is 216 g/mol. The first-order valence-corrected chi connectivity index (χ1v) is 4.38. The SMILES string of the molecule is Cl.FC(F)(F)C1C[C@H]2CC[C@@H](C1)N2. The van der Waals surface area contributed by atoms with Crippen LogP contribution in [0.2, 0.25) is 0 Å². The molecule has 2 aliphatic heterocycles. The van der Waals surface area contributed by atoms with Crippen LogP contribution in [0, 0.1) is 5.92 Å². The number of nitrogens with one attached hydrogen (secondary N) is 1. The highest BCUT2D eigenvalue weighted by Crippen LogP contribution is 2.40. The maximum Gasteiger partial charge on any atom is 0.391 e. The molecular formula is C8H13ClF3N. The second-order valence-electron chi connectivity index (χ2n) is 3.85. The average Bonchev–Trinajstić information content (AvgIpc) is 2.28. The molecule has 5 heteroatoms. The van der Waals surface area contributed by atoms with Gasteiger partial charge in [-0.2, -0.15) is 13.2 Å². The monoisotopic (exact) mass is 215 g/mol. The van der Waals surface area contributed by atoms with E-state index in [0.29, 0.717) is 12.8 Å². The lowest BCUT2D eigenvalue weighted by molar-refractivity contribution is -0.183. The van der Waals surface area contributed by atoms with Gasteiger partial charge in [0.25, 0.3) is 0 Å². The normalized spacial score (nSPS) is 38.5. The van der Waals surface area contributed by atoms with Crippen molar-refractivity contribution in [3.05, 3.63) is 0 Å². The Morgan fingerprint density at radius 3 is 1.85 bits per heavy atom. The minimum absolute atomic E-state index is 0. The van der Waals surface area contributed by atoms with Crippen molar-refractivity contribution in [2.24, 2.45) is 5.92 Å². The summed E-state index contributed by atoms with van der Waals surface area (Å²) in [6, 6.07) is 0.269. The second kappa shape index (κ2) is 3.65. The molecule has 2 heterocycles. The summed E-state index contributed by atoms with van der Waals surface area (Å²) in [5.41, 5.74) is 0. The van der Waals surface area contributed by atoms with Crippen LogP contribution in [0.4, 0.5) is 13.2 Å². The summed E-state index contributed by atoms with van der Waals surface area (Å²) in [5, 5.41) is 3.19. The van der Waals surface area contributed by atoms with E-state index in [1.807, 2.05) is 0 Å². The van der Waals surface area contributed by atoms with E-state index < -0.39 is 12.1 Å². The Balaban J connectivity index is 0.000000845. The lowest BCUT2D eigenvalue weighted by Crippen LogP contribution is -2.42. The third-order valence-corrected chi connectivity index (χ3v) is 2.94. The van der Waals surface area contributed by atoms with Gasteiger partial charge in [-0.15, -0.1) is 12.4 Å². The van der Waals surface area contributed by atoms with E-state index >= 15 is 0 Å². The molecule has 2 bridgehead atoms. The van der Waals surface area contributed by atoms with Gasteiger partial charge in [0, 0.05) is 12.1 Å². The van der Waals surface area contributed by atoms with Gasteiger partial charge in [0.2, 0.25) is 0 Å². The maximum absolute atomic E-state index is 12.3. The number of halogens is 4. The molecule has 1 N–H and O–H groups in total. The maximum atomic E-state index is 12.3. The highest BCUT2D eigenvalue weighted by molar-refractivity contribution is 5.85. The molecule has 0 saturated carbocycles. The first kappa shape index (κ1) is 11.1. The Morgan fingerprint density at radius 2 is 1.46 bits per heavy atom. The summed E-state index contributed by atoms with van der Waals surface area (Å²) in [6.45, 7) is 0. The number of hydrogen-bond acceptors (Lipinski definition) is 1. The van der Waals surface area contributed by atoms with E-state index in [4.69, 9.17) is 0 Å². The smallest absolute Gasteiger partial charge is 0.311 e. The van der Waals surface area contributed by atoms with Crippen LogP contribution in [0.5, 0.6) is 0 Å². The highest BCUT2D eigenvalue weighted by Gasteiger charge is 2.46. The van der Waals surface area contributed by atoms with Crippen LogP contribution in [0.3, 0.4) is 0 Å². The fourth-order valence-electron chi connectivity index (χ4n) is 2.32. The number of hydrogen-bond donors (Lipinski definition) is 1. The van der Waals surface area contributed by atoms with E-state index in [2.05, 4.69) is 5.32 Å². The molecule has 2 rings (SSSR count). The van der Waals surface area contributed by atoms with Gasteiger partial charge in [-0.1, -0.05) is 0 Å². The van der Waals surface area contributed by atoms with Crippen molar-refractivity contribution in [1.29, 1.82) is 0 Å². The van der Waals surface area contributed by atoms with Gasteiger partial charge in [-0.25, -0.2) is 0 Å². The zero-order valence-electron chi connectivity index (χ0n) is 7.10. The minimum atomic E-state index is -3.97. The fraction of sp³-hybridized carbons (Fsp3) is 1.00. The van der Waals surface area contributed by atoms with Crippen molar-refractivity contribution < 1.29 is 13.2 Å². The molecule has 2 saturated heterocycles. The molecular weight excluding hydrogens is 203 g/mol. The van der Waals surface area contributed by atoms with E-state index in [-0.39, 0.29) is 24.5 Å². The van der Waals surface area contributed by atoms with Crippen molar-refractivity contribution in [1.82, 2.24) is 5.32 Å². The number of alkyl halides is 3. The van der Waals surface area contributed by atoms with E-state index in [9.17, 15) is 13.2 Å². The molecule has 0 amide bonds. The highest BCUT2D eigenvalue weighted by atomic mass is 35.5. The largest absolute Gasteiger partial charge is 0.391 e. The third kappa shape index (κ3) is 2.29. The van der Waals surface area contributed by atoms with E-state index in [1.54, 1.807) is 0 Å². The molecule has 13 heavy (non-hydrogen) atoms. The molecule has 78 valence electrons. The zero-order valence-corrected chi connectivity index (χ0v) is 7.92. The Morgan fingerprint density at radius 1 is 1.00 bits per heavy atom. The summed E-state index contributed by atoms with van der Waals surface area (Å²) >= 11 is 0. The molecule has 0 aromatic rings. The molecule has 0 radical (unpaired) electrons. The van der Waals surface area contributed by atoms with Gasteiger partial charge >= 0.3 is 6.18 Å². The Labute approximate surface area is 81.5 Å². The Hall–Kier alpha value is 0.0400. The van der Waals surface area contributed by atoms with Gasteiger partial charge in [0.15, 0.2) is 0 Å². The van der Waals surface area contributed by atoms with Crippen molar-refractivity contribution >= 4 is 12.4 Å². The summed E-state index contributed by atoms with van der Waals surface area (Å²) in [4.78, 5) is 0. The summed E-state index contributed by atoms with van der Waals surface area (Å²) in [5.74, 6) is -1.05. The predicted octanol–water partition coefficient (Wildman–Crippen LogP) is 2.50. The third-order valence-electron chi connectivity index (χ3n) is 2.94. The molecule has 0 aromatic heterocycles. The molecule has 0 aromatic carbocycles. The molecule has 0 spiro atoms. The van der Waals surface area contributed by atoms with Crippen LogP contribution in [-0.4, -0.2) is 18.3 Å². The van der Waals surface area contributed by atoms with Crippen LogP contribution >= 0.6 is 12.4 Å². The fourth-order valence-corrected chi connectivity index (χ4v) is 2.32. The minimum Gasteiger partial charge on any atom is -0.311 e. The Bertz CT molecular complexity index is 171. The van der Waals surface area contributed by atoms with E-state index in [0.717, 1.165) is 12.8 Å². The quantitative estimate of drug-likeness (QED) is 0.655. The second-order valence-corrected chi connectivity index (χ2v) is 3.85. The lowest BCUT2D eigenvalue weighted by atomic mass is 9.92. The predicted molar refractivity (Wildman–Crippen MR) is 46.0 cm³/mol. The van der Waals surface area contributed by atoms with Crippen molar-refractivity contribution in [3.63, 3.8) is 0 Å². The first-order chi connectivity index (χ1) is 5.55. The molecule has 3 atom stereocenters. The van der Waals surface area contributed by atoms with Gasteiger partial charge in [-0.05, 0) is 25.7 Å². The van der Waals surface area contributed by atoms with Gasteiger partial charge in [0.05, 0.1) is 5.92 Å². The molecule has 0 aliphatic carbocycles. The van der Waals surface area contributed by atoms with Crippen LogP contribution < -0.4 is 5.32 Å². The van der Waals surface area contributed by atoms with Crippen LogP contribution in [-0.2, 0) is 0 Å². The van der Waals surface area contributed by atoms with Crippen molar-refractivity contribution in [2.45, 2.75) is 43.9 Å². The van der Waals surface area contributed by atoms with Crippen LogP contribution in [0.15, 0.2) is 0 Å². The summed E-state index contributed by atoms with van der Waals surface area (Å²) in [6.07, 6.45) is -1.53. The van der Waals surface area contributed by atoms with Gasteiger partial charge in [0.1, 0.15) is 0 Å². The van der Waals surface area contributed by atoms with Crippen molar-refractivity contribution in [3.8, 4) is 0 Å². The molecule has 1 unspecified atom stereocenters. The van der Waals surface area contributed by atoms with Crippen molar-refractivity contribution in [2.75, 3.05) is 0 Å². The van der Waals surface area contributed by atoms with Gasteiger partial charge in [-0.3, -0.25) is 0 Å². The van der Waals surface area contributed by atoms with Gasteiger partial charge < -0.3 is 5.32 Å². The summed E-state index contributed by atoms with van der Waals surface area (Å²) < 4.78 is 36.9. The first-order valence-electron chi connectivity index (χ1n) is 4.38. The lowest BCUT2D eigenvalue weighted by Gasteiger charge is -2.30. The molecule has 2 fully saturated rings. The zero-order chi connectivity index (χ0) is 8.77. The number of piperidine rings is 1. The molecule has 2 aliphatic rings. The number of rotatable bonds is 0. The standard InChI is InChI=1S/C8H12F3N.ClH/c9-8(10,11)5-3-6-1-2-7(4-5)12-6;/h5-7,12H,1-4H2;1H/t5?,6-,7+;. The summed E-state index contributed by atoms with van der Waals surface area (Å²) in [7, 11) is 0. The molecule has 1 nitrogen and oxygen atoms in total. The van der Waals surface area contributed by atoms with E-state index in [1.165, 1.54) is 0 Å². The van der Waals surface area contributed by atoms with Crippen LogP contribution in [0.25, 0.3) is 0 Å². The number of fused-ring (bicyclic) bond motifs is 2. The Kier molecular flexibility index (Phi) is 3.12.